The molecule has 2 heterocycles. The third kappa shape index (κ3) is 16.9. The van der Waals surface area contributed by atoms with E-state index in [0.29, 0.717) is 0 Å². The van der Waals surface area contributed by atoms with Crippen molar-refractivity contribution in [2.24, 2.45) is 0 Å². The molecule has 0 bridgehead atoms. The van der Waals surface area contributed by atoms with Crippen LogP contribution in [0, 0.1) is 0 Å². The van der Waals surface area contributed by atoms with Crippen molar-refractivity contribution in [1.29, 1.82) is 0 Å². The molecule has 0 aromatic carbocycles. The molecular formula is C12H22O32S7. The summed E-state index contributed by atoms with van der Waals surface area (Å²) in [5.41, 5.74) is 0. The number of hydrogen-bond acceptors (Lipinski definition) is 25. The van der Waals surface area contributed by atoms with Crippen molar-refractivity contribution < 1.29 is 139 Å². The molecular weight excluding hydrogens is 881 g/mol. The van der Waals surface area contributed by atoms with Crippen LogP contribution < -0.4 is 0 Å². The van der Waals surface area contributed by atoms with Crippen molar-refractivity contribution in [3.05, 3.63) is 0 Å². The van der Waals surface area contributed by atoms with E-state index >= 15 is 0 Å². The summed E-state index contributed by atoms with van der Waals surface area (Å²) in [5.74, 6) is 0. The van der Waals surface area contributed by atoms with Crippen LogP contribution in [0.15, 0.2) is 0 Å². The highest BCUT2D eigenvalue weighted by Gasteiger charge is 2.58. The Morgan fingerprint density at radius 2 is 0.706 bits per heavy atom. The lowest BCUT2D eigenvalue weighted by atomic mass is 9.97. The van der Waals surface area contributed by atoms with Gasteiger partial charge in [0, 0.05) is 0 Å². The average Bonchev–Trinajstić information content (AvgIpc) is 2.84. The first-order chi connectivity index (χ1) is 22.5. The summed E-state index contributed by atoms with van der Waals surface area (Å²) in [6.45, 7) is -3.59. The van der Waals surface area contributed by atoms with Crippen molar-refractivity contribution in [3.63, 3.8) is 0 Å². The number of aliphatic hydroxyl groups is 1. The van der Waals surface area contributed by atoms with Crippen molar-refractivity contribution in [1.82, 2.24) is 0 Å². The maximum absolute atomic E-state index is 11.7. The summed E-state index contributed by atoms with van der Waals surface area (Å²) in [6.07, 6.45) is -30.2. The molecule has 39 heteroatoms. The normalized spacial score (nSPS) is 32.1. The van der Waals surface area contributed by atoms with Gasteiger partial charge in [0.15, 0.2) is 24.8 Å². The second-order valence-corrected chi connectivity index (χ2v) is 16.5. The van der Waals surface area contributed by atoms with Gasteiger partial charge in [-0.3, -0.25) is 31.9 Å². The minimum atomic E-state index is -6.10. The molecule has 2 rings (SSSR count). The van der Waals surface area contributed by atoms with Crippen LogP contribution in [-0.4, -0.2) is 171 Å². The largest absolute Gasteiger partial charge is 0.397 e. The Hall–Kier alpha value is -1.07. The lowest BCUT2D eigenvalue weighted by Crippen LogP contribution is -2.67. The molecule has 0 aromatic rings. The van der Waals surface area contributed by atoms with Crippen LogP contribution in [0.1, 0.15) is 0 Å². The van der Waals surface area contributed by atoms with Gasteiger partial charge in [-0.15, -0.1) is 0 Å². The molecule has 2 aliphatic heterocycles. The van der Waals surface area contributed by atoms with E-state index in [-0.39, 0.29) is 0 Å². The summed E-state index contributed by atoms with van der Waals surface area (Å²) in [5, 5.41) is 10.2. The Kier molecular flexibility index (Phi) is 14.8. The molecule has 304 valence electrons. The molecule has 0 saturated carbocycles. The number of rotatable bonds is 18. The molecule has 0 amide bonds. The minimum Gasteiger partial charge on any atom is -0.366 e. The molecule has 2 saturated heterocycles. The topological polar surface area (TPSA) is 493 Å². The van der Waals surface area contributed by atoms with E-state index in [1.165, 1.54) is 0 Å². The Morgan fingerprint density at radius 3 is 1.08 bits per heavy atom. The zero-order valence-electron chi connectivity index (χ0n) is 23.4. The fourth-order valence-corrected chi connectivity index (χ4v) is 7.11. The van der Waals surface area contributed by atoms with Gasteiger partial charge in [0.25, 0.3) is 0 Å². The summed E-state index contributed by atoms with van der Waals surface area (Å²) in [6, 6.07) is 0. The van der Waals surface area contributed by atoms with Crippen molar-refractivity contribution in [3.8, 4) is 0 Å². The molecule has 51 heavy (non-hydrogen) atoms. The molecule has 0 unspecified atom stereocenters. The van der Waals surface area contributed by atoms with Crippen LogP contribution in [0.5, 0.6) is 0 Å². The van der Waals surface area contributed by atoms with Gasteiger partial charge in [0.1, 0.15) is 36.6 Å². The first kappa shape index (κ1) is 46.1. The lowest BCUT2D eigenvalue weighted by molar-refractivity contribution is -0.343. The van der Waals surface area contributed by atoms with Gasteiger partial charge in [0.2, 0.25) is 0 Å². The fraction of sp³-hybridized carbons (Fsp3) is 1.00. The summed E-state index contributed by atoms with van der Waals surface area (Å²) in [7, 11) is -41.2. The first-order valence-corrected chi connectivity index (χ1v) is 21.2. The Bertz CT molecular complexity index is 2000. The SMILES string of the molecule is O=S(=O)(O)OC[C@H]1O[C@@H](O[C@H]2[C@H](OS(=O)(=O)O)[C@@H](OS(=O)(=O)O)[C@@H](O)O[C@@H]2COS(=O)(=O)O)[C@H](OS(=O)(=O)O)[C@@H](OS(=O)(=O)O)[C@H]1OS(=O)(=O)O. The van der Waals surface area contributed by atoms with E-state index in [1.807, 2.05) is 0 Å². The summed E-state index contributed by atoms with van der Waals surface area (Å²) < 4.78 is 269. The predicted molar refractivity (Wildman–Crippen MR) is 142 cm³/mol. The standard InChI is InChI=1S/C12H22O32S7/c13-11-9(43-50(29,30)31)7(41-48(23,24)25)5(3(37-11)1-35-45(14,15)16)39-12-10(44-51(32,33)34)8(42-49(26,27)28)6(40-47(20,21)22)4(38-12)2-36-46(17,18)19/h3-13H,1-2H2,(H,14,15,16)(H,17,18,19)(H,20,21,22)(H,23,24,25)(H,26,27,28)(H,29,30,31)(H,32,33,34)/t3-,4-,5-,6+,7+,8+,9-,10-,11+,12+/m1/s1. The van der Waals surface area contributed by atoms with Gasteiger partial charge in [-0.05, 0) is 0 Å². The van der Waals surface area contributed by atoms with Crippen LogP contribution in [0.2, 0.25) is 0 Å². The van der Waals surface area contributed by atoms with Crippen LogP contribution in [0.3, 0.4) is 0 Å². The van der Waals surface area contributed by atoms with E-state index in [0.717, 1.165) is 0 Å². The van der Waals surface area contributed by atoms with E-state index in [1.54, 1.807) is 0 Å². The molecule has 0 spiro atoms. The third-order valence-corrected chi connectivity index (χ3v) is 8.61. The second-order valence-electron chi connectivity index (χ2n) is 9.08. The highest BCUT2D eigenvalue weighted by Crippen LogP contribution is 2.36. The Morgan fingerprint density at radius 1 is 0.392 bits per heavy atom. The van der Waals surface area contributed by atoms with Crippen LogP contribution in [-0.2, 0) is 116 Å². The molecule has 32 nitrogen and oxygen atoms in total. The molecule has 2 fully saturated rings. The molecule has 0 aromatic heterocycles. The highest BCUT2D eigenvalue weighted by molar-refractivity contribution is 7.82. The molecule has 0 radical (unpaired) electrons. The van der Waals surface area contributed by atoms with E-state index in [9.17, 15) is 82.2 Å². The van der Waals surface area contributed by atoms with E-state index < -0.39 is 147 Å². The second kappa shape index (κ2) is 16.3. The molecule has 0 aliphatic carbocycles. The summed E-state index contributed by atoms with van der Waals surface area (Å²) >= 11 is 0. The highest BCUT2D eigenvalue weighted by atomic mass is 32.3. The van der Waals surface area contributed by atoms with Gasteiger partial charge in [-0.1, -0.05) is 0 Å². The van der Waals surface area contributed by atoms with Crippen molar-refractivity contribution in [2.45, 2.75) is 61.4 Å². The van der Waals surface area contributed by atoms with Crippen molar-refractivity contribution >= 4 is 72.8 Å². The van der Waals surface area contributed by atoms with E-state index in [4.69, 9.17) is 27.9 Å². The maximum Gasteiger partial charge on any atom is 0.397 e. The maximum atomic E-state index is 11.7. The summed E-state index contributed by atoms with van der Waals surface area (Å²) in [4.78, 5) is 0. The van der Waals surface area contributed by atoms with Crippen LogP contribution >= 0.6 is 0 Å². The van der Waals surface area contributed by atoms with Crippen LogP contribution in [0.4, 0.5) is 0 Å². The van der Waals surface area contributed by atoms with Gasteiger partial charge in [0.05, 0.1) is 13.2 Å². The van der Waals surface area contributed by atoms with Crippen molar-refractivity contribution in [2.75, 3.05) is 13.2 Å². The zero-order chi connectivity index (χ0) is 39.8. The van der Waals surface area contributed by atoms with Gasteiger partial charge < -0.3 is 19.3 Å². The number of aliphatic hydroxyl groups excluding tert-OH is 1. The number of hydrogen-bond donors (Lipinski definition) is 8. The molecule has 2 aliphatic rings. The van der Waals surface area contributed by atoms with Gasteiger partial charge in [-0.25, -0.2) is 29.3 Å². The third-order valence-electron chi connectivity index (χ3n) is 5.42. The van der Waals surface area contributed by atoms with E-state index in [2.05, 4.69) is 29.3 Å². The average molecular weight is 903 g/mol. The first-order valence-electron chi connectivity index (χ1n) is 11.7. The Labute approximate surface area is 286 Å². The predicted octanol–water partition coefficient (Wildman–Crippen LogP) is -6.61. The quantitative estimate of drug-likeness (QED) is 0.0593. The molecule has 10 atom stereocenters. The Balaban J connectivity index is 2.92. The minimum absolute atomic E-state index is 1.74. The fourth-order valence-electron chi connectivity index (χ4n) is 4.02. The van der Waals surface area contributed by atoms with Gasteiger partial charge in [-0.2, -0.15) is 58.9 Å². The van der Waals surface area contributed by atoms with Gasteiger partial charge >= 0.3 is 72.8 Å². The lowest BCUT2D eigenvalue weighted by Gasteiger charge is -2.47. The smallest absolute Gasteiger partial charge is 0.366 e. The number of ether oxygens (including phenoxy) is 3. The van der Waals surface area contributed by atoms with Crippen LogP contribution in [0.25, 0.3) is 0 Å². The molecule has 8 N–H and O–H groups in total. The zero-order valence-corrected chi connectivity index (χ0v) is 29.1. The monoisotopic (exact) mass is 902 g/mol.